The van der Waals surface area contributed by atoms with Crippen LogP contribution in [0.15, 0.2) is 63.8 Å². The summed E-state index contributed by atoms with van der Waals surface area (Å²) in [5, 5.41) is 13.0. The smallest absolute Gasteiger partial charge is 0.411 e. The molecule has 2 aromatic carbocycles. The quantitative estimate of drug-likeness (QED) is 0.252. The SMILES string of the molecule is COC(=O)Nc1c(C)nc(-c2ccccc2)n(CC(=O)NC(C(=O)c2nnc(C(C)(C)c3ccc(F)cc3)o2)C(C)C)c1=O. The van der Waals surface area contributed by atoms with E-state index in [0.717, 1.165) is 11.7 Å². The Morgan fingerprint density at radius 2 is 1.70 bits per heavy atom. The van der Waals surface area contributed by atoms with Crippen LogP contribution in [-0.2, 0) is 21.5 Å². The molecule has 0 aliphatic carbocycles. The van der Waals surface area contributed by atoms with E-state index < -0.39 is 53.1 Å². The number of ether oxygens (including phenoxy) is 1. The molecule has 0 spiro atoms. The molecular formula is C31H33FN6O6. The number of Topliss-reactive ketones (excluding diaryl/α,β-unsaturated/α-hetero) is 1. The molecule has 230 valence electrons. The number of halogens is 1. The fourth-order valence-corrected chi connectivity index (χ4v) is 4.51. The summed E-state index contributed by atoms with van der Waals surface area (Å²) in [5.74, 6) is -2.06. The van der Waals surface area contributed by atoms with Crippen molar-refractivity contribution in [3.63, 3.8) is 0 Å². The molecule has 2 heterocycles. The summed E-state index contributed by atoms with van der Waals surface area (Å²) in [4.78, 5) is 56.8. The van der Waals surface area contributed by atoms with Gasteiger partial charge in [-0.05, 0) is 44.4 Å². The Morgan fingerprint density at radius 3 is 2.32 bits per heavy atom. The third-order valence-corrected chi connectivity index (χ3v) is 7.10. The minimum atomic E-state index is -1.08. The monoisotopic (exact) mass is 604 g/mol. The molecule has 0 saturated heterocycles. The number of amides is 2. The maximum atomic E-state index is 13.5. The van der Waals surface area contributed by atoms with Crippen LogP contribution in [0.1, 0.15) is 55.5 Å². The molecule has 0 saturated carbocycles. The molecule has 0 aliphatic rings. The van der Waals surface area contributed by atoms with Crippen molar-refractivity contribution in [2.75, 3.05) is 12.4 Å². The lowest BCUT2D eigenvalue weighted by Gasteiger charge is -2.22. The molecule has 4 rings (SSSR count). The maximum absolute atomic E-state index is 13.5. The summed E-state index contributed by atoms with van der Waals surface area (Å²) in [5.41, 5.74) is -0.190. The summed E-state index contributed by atoms with van der Waals surface area (Å²) >= 11 is 0. The Labute approximate surface area is 252 Å². The third kappa shape index (κ3) is 6.72. The molecule has 2 aromatic heterocycles. The lowest BCUT2D eigenvalue weighted by atomic mass is 9.84. The average Bonchev–Trinajstić information content (AvgIpc) is 3.51. The first-order valence-electron chi connectivity index (χ1n) is 13.8. The van der Waals surface area contributed by atoms with Crippen LogP contribution in [0.4, 0.5) is 14.9 Å². The predicted octanol–water partition coefficient (Wildman–Crippen LogP) is 4.27. The van der Waals surface area contributed by atoms with Gasteiger partial charge in [-0.3, -0.25) is 24.3 Å². The highest BCUT2D eigenvalue weighted by Crippen LogP contribution is 2.31. The first-order chi connectivity index (χ1) is 20.8. The van der Waals surface area contributed by atoms with Crippen molar-refractivity contribution in [1.82, 2.24) is 25.1 Å². The third-order valence-electron chi connectivity index (χ3n) is 7.10. The fraction of sp³-hybridized carbons (Fsp3) is 0.323. The zero-order valence-electron chi connectivity index (χ0n) is 25.2. The number of benzene rings is 2. The molecule has 0 bridgehead atoms. The average molecular weight is 605 g/mol. The Kier molecular flexibility index (Phi) is 9.36. The molecule has 13 heteroatoms. The fourth-order valence-electron chi connectivity index (χ4n) is 4.51. The minimum Gasteiger partial charge on any atom is -0.453 e. The second-order valence-corrected chi connectivity index (χ2v) is 11.0. The summed E-state index contributed by atoms with van der Waals surface area (Å²) in [6.45, 7) is 8.09. The van der Waals surface area contributed by atoms with Gasteiger partial charge in [-0.25, -0.2) is 14.2 Å². The van der Waals surface area contributed by atoms with Crippen LogP contribution in [0.25, 0.3) is 11.4 Å². The Morgan fingerprint density at radius 1 is 1.05 bits per heavy atom. The van der Waals surface area contributed by atoms with Gasteiger partial charge in [-0.15, -0.1) is 10.2 Å². The second-order valence-electron chi connectivity index (χ2n) is 11.0. The molecule has 1 atom stereocenters. The van der Waals surface area contributed by atoms with Crippen molar-refractivity contribution in [3.8, 4) is 11.4 Å². The van der Waals surface area contributed by atoms with E-state index in [2.05, 4.69) is 30.6 Å². The van der Waals surface area contributed by atoms with Crippen molar-refractivity contribution in [1.29, 1.82) is 0 Å². The van der Waals surface area contributed by atoms with E-state index in [-0.39, 0.29) is 29.0 Å². The topological polar surface area (TPSA) is 158 Å². The number of carbonyl (C=O) groups is 3. The molecule has 1 unspecified atom stereocenters. The first-order valence-corrected chi connectivity index (χ1v) is 13.8. The predicted molar refractivity (Wildman–Crippen MR) is 159 cm³/mol. The summed E-state index contributed by atoms with van der Waals surface area (Å²) in [7, 11) is 1.15. The van der Waals surface area contributed by atoms with Gasteiger partial charge in [0.2, 0.25) is 17.6 Å². The molecule has 2 amide bonds. The van der Waals surface area contributed by atoms with Crippen LogP contribution in [0.2, 0.25) is 0 Å². The van der Waals surface area contributed by atoms with Crippen LogP contribution < -0.4 is 16.2 Å². The van der Waals surface area contributed by atoms with Crippen LogP contribution >= 0.6 is 0 Å². The zero-order chi connectivity index (χ0) is 32.2. The van der Waals surface area contributed by atoms with E-state index in [1.807, 2.05) is 0 Å². The number of hydrogen-bond donors (Lipinski definition) is 2. The number of nitrogens with zero attached hydrogens (tertiary/aromatic N) is 4. The number of anilines is 1. The standard InChI is InChI=1S/C31H33FN6O6/c1-17(2)23(25(40)27-36-37-29(44-27)31(4,5)20-12-14-21(32)15-13-20)34-22(39)16-38-26(19-10-8-7-9-11-19)33-18(3)24(28(38)41)35-30(42)43-6/h7-15,17,23H,16H2,1-6H3,(H,34,39)(H,35,42). The van der Waals surface area contributed by atoms with E-state index >= 15 is 0 Å². The van der Waals surface area contributed by atoms with Gasteiger partial charge in [0.1, 0.15) is 23.9 Å². The minimum absolute atomic E-state index is 0.136. The largest absolute Gasteiger partial charge is 0.453 e. The van der Waals surface area contributed by atoms with E-state index in [4.69, 9.17) is 4.42 Å². The number of methoxy groups -OCH3 is 1. The number of carbonyl (C=O) groups excluding carboxylic acids is 3. The number of hydrogen-bond acceptors (Lipinski definition) is 9. The number of aryl methyl sites for hydroxylation is 1. The summed E-state index contributed by atoms with van der Waals surface area (Å²) in [6, 6.07) is 13.5. The first kappa shape index (κ1) is 31.7. The van der Waals surface area contributed by atoms with Gasteiger partial charge in [0.25, 0.3) is 11.4 Å². The molecule has 44 heavy (non-hydrogen) atoms. The Balaban J connectivity index is 1.62. The highest BCUT2D eigenvalue weighted by atomic mass is 19.1. The van der Waals surface area contributed by atoms with Crippen molar-refractivity contribution < 1.29 is 27.9 Å². The van der Waals surface area contributed by atoms with E-state index in [1.54, 1.807) is 77.1 Å². The van der Waals surface area contributed by atoms with Gasteiger partial charge < -0.3 is 14.5 Å². The molecule has 12 nitrogen and oxygen atoms in total. The van der Waals surface area contributed by atoms with Gasteiger partial charge in [-0.2, -0.15) is 0 Å². The molecule has 4 aromatic rings. The molecule has 0 aliphatic heterocycles. The van der Waals surface area contributed by atoms with Gasteiger partial charge >= 0.3 is 6.09 Å². The van der Waals surface area contributed by atoms with Gasteiger partial charge in [-0.1, -0.05) is 56.3 Å². The van der Waals surface area contributed by atoms with E-state index in [1.165, 1.54) is 12.1 Å². The Hall–Kier alpha value is -5.20. The maximum Gasteiger partial charge on any atom is 0.411 e. The second kappa shape index (κ2) is 13.0. The molecule has 0 radical (unpaired) electrons. The number of nitrogens with one attached hydrogen (secondary N) is 2. The van der Waals surface area contributed by atoms with Crippen LogP contribution in [-0.4, -0.2) is 50.7 Å². The van der Waals surface area contributed by atoms with Gasteiger partial charge in [0.15, 0.2) is 0 Å². The zero-order valence-corrected chi connectivity index (χ0v) is 25.2. The highest BCUT2D eigenvalue weighted by molar-refractivity contribution is 5.98. The van der Waals surface area contributed by atoms with Gasteiger partial charge in [0, 0.05) is 5.56 Å². The van der Waals surface area contributed by atoms with E-state index in [0.29, 0.717) is 11.1 Å². The lowest BCUT2D eigenvalue weighted by Crippen LogP contribution is -2.47. The molecular weight excluding hydrogens is 571 g/mol. The van der Waals surface area contributed by atoms with E-state index in [9.17, 15) is 23.6 Å². The summed E-state index contributed by atoms with van der Waals surface area (Å²) in [6.07, 6.45) is -0.873. The Bertz CT molecular complexity index is 1730. The highest BCUT2D eigenvalue weighted by Gasteiger charge is 2.34. The number of aromatic nitrogens is 4. The van der Waals surface area contributed by atoms with Crippen LogP contribution in [0, 0.1) is 18.7 Å². The van der Waals surface area contributed by atoms with Crippen LogP contribution in [0.5, 0.6) is 0 Å². The van der Waals surface area contributed by atoms with Crippen molar-refractivity contribution in [3.05, 3.63) is 93.8 Å². The normalized spacial score (nSPS) is 12.1. The molecule has 0 fully saturated rings. The van der Waals surface area contributed by atoms with Crippen molar-refractivity contribution in [2.45, 2.75) is 52.6 Å². The number of ketones is 1. The summed E-state index contributed by atoms with van der Waals surface area (Å²) < 4.78 is 25.0. The number of rotatable bonds is 10. The van der Waals surface area contributed by atoms with Gasteiger partial charge in [0.05, 0.1) is 24.3 Å². The van der Waals surface area contributed by atoms with Crippen molar-refractivity contribution in [2.24, 2.45) is 5.92 Å². The lowest BCUT2D eigenvalue weighted by molar-refractivity contribution is -0.122. The molecule has 2 N–H and O–H groups in total. The van der Waals surface area contributed by atoms with Crippen LogP contribution in [0.3, 0.4) is 0 Å². The van der Waals surface area contributed by atoms with Crippen molar-refractivity contribution >= 4 is 23.5 Å².